The van der Waals surface area contributed by atoms with E-state index < -0.39 is 17.4 Å². The number of piperidine rings is 1. The smallest absolute Gasteiger partial charge is 0.187 e. The van der Waals surface area contributed by atoms with Crippen molar-refractivity contribution in [1.82, 2.24) is 9.80 Å². The molecule has 1 aromatic carbocycles. The van der Waals surface area contributed by atoms with Gasteiger partial charge in [0.25, 0.3) is 0 Å². The average Bonchev–Trinajstić information content (AvgIpc) is 2.37. The van der Waals surface area contributed by atoms with Gasteiger partial charge in [0.1, 0.15) is 0 Å². The first-order valence-electron chi connectivity index (χ1n) is 6.99. The number of benzene rings is 1. The molecule has 0 aliphatic carbocycles. The highest BCUT2D eigenvalue weighted by molar-refractivity contribution is 5.30. The van der Waals surface area contributed by atoms with Gasteiger partial charge in [0.2, 0.25) is 0 Å². The molecule has 1 aliphatic rings. The maximum atomic E-state index is 13.3. The lowest BCUT2D eigenvalue weighted by Crippen LogP contribution is -2.36. The van der Waals surface area contributed by atoms with E-state index in [-0.39, 0.29) is 0 Å². The molecule has 2 rings (SSSR count). The topological polar surface area (TPSA) is 26.7 Å². The van der Waals surface area contributed by atoms with Gasteiger partial charge in [0.05, 0.1) is 0 Å². The van der Waals surface area contributed by atoms with Crippen LogP contribution in [0.1, 0.15) is 18.4 Å². The third-order valence-electron chi connectivity index (χ3n) is 3.81. The van der Waals surface area contributed by atoms with Crippen LogP contribution < -0.4 is 0 Å². The number of nitrogens with zero attached hydrogens (tertiary/aromatic N) is 2. The van der Waals surface area contributed by atoms with Crippen molar-refractivity contribution in [3.05, 3.63) is 29.3 Å². The van der Waals surface area contributed by atoms with E-state index in [0.29, 0.717) is 18.0 Å². The van der Waals surface area contributed by atoms with Gasteiger partial charge in [0.15, 0.2) is 17.4 Å². The zero-order valence-electron chi connectivity index (χ0n) is 12.1. The van der Waals surface area contributed by atoms with Crippen molar-refractivity contribution in [1.29, 1.82) is 0 Å². The standard InChI is InChI=1S/C15H22F2N2O/c1-18(2)9-11-3-5-19(6-4-11)10-12-7-13(16)15(20)14(17)8-12/h7-8,11,20H,3-6,9-10H2,1-2H3. The van der Waals surface area contributed by atoms with Crippen molar-refractivity contribution in [3.63, 3.8) is 0 Å². The molecule has 20 heavy (non-hydrogen) atoms. The third-order valence-corrected chi connectivity index (χ3v) is 3.81. The van der Waals surface area contributed by atoms with Crippen LogP contribution in [0.15, 0.2) is 12.1 Å². The van der Waals surface area contributed by atoms with Crippen molar-refractivity contribution in [2.75, 3.05) is 33.7 Å². The van der Waals surface area contributed by atoms with Crippen molar-refractivity contribution in [3.8, 4) is 5.75 Å². The fourth-order valence-electron chi connectivity index (χ4n) is 2.81. The predicted molar refractivity (Wildman–Crippen MR) is 74.6 cm³/mol. The number of hydrogen-bond acceptors (Lipinski definition) is 3. The highest BCUT2D eigenvalue weighted by Gasteiger charge is 2.20. The van der Waals surface area contributed by atoms with E-state index in [1.54, 1.807) is 0 Å². The van der Waals surface area contributed by atoms with Crippen molar-refractivity contribution in [2.24, 2.45) is 5.92 Å². The second-order valence-electron chi connectivity index (χ2n) is 5.89. The SMILES string of the molecule is CN(C)CC1CCN(Cc2cc(F)c(O)c(F)c2)CC1. The maximum absolute atomic E-state index is 13.3. The molecule has 0 unspecified atom stereocenters. The van der Waals surface area contributed by atoms with Gasteiger partial charge in [-0.1, -0.05) is 0 Å². The average molecular weight is 284 g/mol. The van der Waals surface area contributed by atoms with Crippen LogP contribution in [0, 0.1) is 17.6 Å². The van der Waals surface area contributed by atoms with E-state index in [2.05, 4.69) is 23.9 Å². The summed E-state index contributed by atoms with van der Waals surface area (Å²) in [7, 11) is 4.16. The molecule has 0 saturated carbocycles. The quantitative estimate of drug-likeness (QED) is 0.920. The highest BCUT2D eigenvalue weighted by Crippen LogP contribution is 2.24. The summed E-state index contributed by atoms with van der Waals surface area (Å²) < 4.78 is 26.6. The van der Waals surface area contributed by atoms with E-state index in [1.807, 2.05) is 0 Å². The highest BCUT2D eigenvalue weighted by atomic mass is 19.1. The first kappa shape index (κ1) is 15.2. The Bertz CT molecular complexity index is 434. The zero-order chi connectivity index (χ0) is 14.7. The lowest BCUT2D eigenvalue weighted by Gasteiger charge is -2.33. The normalized spacial score (nSPS) is 17.9. The molecule has 1 N–H and O–H groups in total. The number of aromatic hydroxyl groups is 1. The van der Waals surface area contributed by atoms with Crippen LogP contribution in [0.3, 0.4) is 0 Å². The Balaban J connectivity index is 1.89. The van der Waals surface area contributed by atoms with Gasteiger partial charge < -0.3 is 10.0 Å². The van der Waals surface area contributed by atoms with E-state index in [4.69, 9.17) is 5.11 Å². The molecule has 112 valence electrons. The largest absolute Gasteiger partial charge is 0.503 e. The molecule has 0 bridgehead atoms. The van der Waals surface area contributed by atoms with E-state index in [9.17, 15) is 8.78 Å². The Hall–Kier alpha value is -1.20. The molecule has 1 heterocycles. The molecule has 1 aromatic rings. The molecular formula is C15H22F2N2O. The zero-order valence-corrected chi connectivity index (χ0v) is 12.1. The molecule has 5 heteroatoms. The molecule has 1 saturated heterocycles. The second-order valence-corrected chi connectivity index (χ2v) is 5.89. The van der Waals surface area contributed by atoms with Crippen molar-refractivity contribution >= 4 is 0 Å². The van der Waals surface area contributed by atoms with Crippen LogP contribution in [0.2, 0.25) is 0 Å². The van der Waals surface area contributed by atoms with Crippen LogP contribution >= 0.6 is 0 Å². The van der Waals surface area contributed by atoms with E-state index >= 15 is 0 Å². The molecule has 0 spiro atoms. The lowest BCUT2D eigenvalue weighted by atomic mass is 9.96. The number of hydrogen-bond donors (Lipinski definition) is 1. The molecular weight excluding hydrogens is 262 g/mol. The summed E-state index contributed by atoms with van der Waals surface area (Å²) in [6.07, 6.45) is 2.22. The van der Waals surface area contributed by atoms with Crippen LogP contribution in [0.25, 0.3) is 0 Å². The van der Waals surface area contributed by atoms with Gasteiger partial charge in [-0.15, -0.1) is 0 Å². The van der Waals surface area contributed by atoms with Gasteiger partial charge in [-0.3, -0.25) is 4.90 Å². The Morgan fingerprint density at radius 2 is 1.75 bits per heavy atom. The van der Waals surface area contributed by atoms with Gasteiger partial charge in [-0.25, -0.2) is 8.78 Å². The molecule has 0 aromatic heterocycles. The second kappa shape index (κ2) is 6.50. The van der Waals surface area contributed by atoms with Crippen LogP contribution in [-0.2, 0) is 6.54 Å². The Morgan fingerprint density at radius 1 is 1.20 bits per heavy atom. The molecule has 1 aliphatic heterocycles. The van der Waals surface area contributed by atoms with Gasteiger partial charge in [0, 0.05) is 13.1 Å². The number of halogens is 2. The van der Waals surface area contributed by atoms with E-state index in [0.717, 1.165) is 32.5 Å². The third kappa shape index (κ3) is 3.90. The molecule has 3 nitrogen and oxygen atoms in total. The maximum Gasteiger partial charge on any atom is 0.187 e. The van der Waals surface area contributed by atoms with Crippen LogP contribution in [0.5, 0.6) is 5.75 Å². The number of phenolic OH excluding ortho intramolecular Hbond substituents is 1. The van der Waals surface area contributed by atoms with Crippen molar-refractivity contribution in [2.45, 2.75) is 19.4 Å². The number of rotatable bonds is 4. The Morgan fingerprint density at radius 3 is 2.25 bits per heavy atom. The number of phenols is 1. The van der Waals surface area contributed by atoms with Gasteiger partial charge >= 0.3 is 0 Å². The first-order chi connectivity index (χ1) is 9.45. The summed E-state index contributed by atoms with van der Waals surface area (Å²) in [4.78, 5) is 4.41. The molecule has 1 fully saturated rings. The minimum absolute atomic E-state index is 0.531. The summed E-state index contributed by atoms with van der Waals surface area (Å²) in [6, 6.07) is 2.43. The summed E-state index contributed by atoms with van der Waals surface area (Å²) in [6.45, 7) is 3.52. The fourth-order valence-corrected chi connectivity index (χ4v) is 2.81. The Labute approximate surface area is 118 Å². The predicted octanol–water partition coefficient (Wildman–Crippen LogP) is 2.44. The summed E-state index contributed by atoms with van der Waals surface area (Å²) >= 11 is 0. The molecule has 0 amide bonds. The minimum Gasteiger partial charge on any atom is -0.503 e. The first-order valence-corrected chi connectivity index (χ1v) is 6.99. The molecule has 0 atom stereocenters. The van der Waals surface area contributed by atoms with Gasteiger partial charge in [-0.2, -0.15) is 0 Å². The summed E-state index contributed by atoms with van der Waals surface area (Å²) in [5.41, 5.74) is 0.573. The fraction of sp³-hybridized carbons (Fsp3) is 0.600. The van der Waals surface area contributed by atoms with E-state index in [1.165, 1.54) is 12.1 Å². The Kier molecular flexibility index (Phi) is 4.94. The van der Waals surface area contributed by atoms with Crippen LogP contribution in [-0.4, -0.2) is 48.6 Å². The summed E-state index contributed by atoms with van der Waals surface area (Å²) in [5.74, 6) is -1.96. The molecule has 0 radical (unpaired) electrons. The van der Waals surface area contributed by atoms with Gasteiger partial charge in [-0.05, 0) is 63.6 Å². The monoisotopic (exact) mass is 284 g/mol. The van der Waals surface area contributed by atoms with Crippen molar-refractivity contribution < 1.29 is 13.9 Å². The lowest BCUT2D eigenvalue weighted by molar-refractivity contribution is 0.156. The minimum atomic E-state index is -0.890. The number of likely N-dealkylation sites (tertiary alicyclic amines) is 1. The summed E-state index contributed by atoms with van der Waals surface area (Å²) in [5, 5.41) is 9.09. The van der Waals surface area contributed by atoms with Crippen LogP contribution in [0.4, 0.5) is 8.78 Å².